The van der Waals surface area contributed by atoms with Crippen molar-refractivity contribution in [2.24, 2.45) is 13.0 Å². The molecule has 0 saturated heterocycles. The van der Waals surface area contributed by atoms with E-state index in [0.29, 0.717) is 5.92 Å². The number of rotatable bonds is 1. The van der Waals surface area contributed by atoms with Crippen LogP contribution in [0, 0.1) is 5.92 Å². The number of nitrogens with zero attached hydrogens (tertiary/aromatic N) is 2. The van der Waals surface area contributed by atoms with Crippen LogP contribution in [0.3, 0.4) is 0 Å². The maximum atomic E-state index is 4.05. The second-order valence-corrected chi connectivity index (χ2v) is 4.27. The van der Waals surface area contributed by atoms with Crippen molar-refractivity contribution in [1.29, 1.82) is 0 Å². The van der Waals surface area contributed by atoms with Gasteiger partial charge in [0.1, 0.15) is 0 Å². The highest BCUT2D eigenvalue weighted by Crippen LogP contribution is 2.10. The Morgan fingerprint density at radius 1 is 0.947 bits per heavy atom. The Bertz CT molecular complexity index is 228. The van der Waals surface area contributed by atoms with Crippen molar-refractivity contribution >= 4 is 0 Å². The van der Waals surface area contributed by atoms with Crippen LogP contribution in [-0.4, -0.2) is 9.78 Å². The van der Waals surface area contributed by atoms with Gasteiger partial charge in [-0.2, -0.15) is 5.10 Å². The van der Waals surface area contributed by atoms with Gasteiger partial charge in [0.25, 0.3) is 0 Å². The molecule has 19 heavy (non-hydrogen) atoms. The minimum atomic E-state index is 0. The van der Waals surface area contributed by atoms with E-state index >= 15 is 0 Å². The van der Waals surface area contributed by atoms with E-state index < -0.39 is 0 Å². The van der Waals surface area contributed by atoms with Gasteiger partial charge in [0.05, 0.1) is 0 Å². The molecule has 0 aliphatic heterocycles. The lowest BCUT2D eigenvalue weighted by molar-refractivity contribution is 0.669. The maximum Gasteiger partial charge on any atom is 0.0492 e. The molecule has 122 valence electrons. The zero-order chi connectivity index (χ0) is 14.4. The summed E-state index contributed by atoms with van der Waals surface area (Å²) in [6.07, 6.45) is 1.83. The molecule has 0 N–H and O–H groups in total. The lowest BCUT2D eigenvalue weighted by Gasteiger charge is -2.02. The van der Waals surface area contributed by atoms with Crippen LogP contribution in [0.25, 0.3) is 0 Å². The molecular weight excluding hydrogens is 232 g/mol. The standard InChI is InChI=1S/C7H12N2.C4H10.2C2H6.2CH4.H2/c1-6(2)7-4-5-8-9(7)3;1-4(2)3;2*1-2;;;/h4-6H,1-3H3;4H,1-3H3;2*1-2H3;2*1H4;1H/i;;;;;;1+1. The van der Waals surface area contributed by atoms with E-state index in [1.54, 1.807) is 0 Å². The summed E-state index contributed by atoms with van der Waals surface area (Å²) in [7, 11) is 1.97. The number of hydrogen-bond donors (Lipinski definition) is 0. The van der Waals surface area contributed by atoms with E-state index in [1.165, 1.54) is 5.69 Å². The summed E-state index contributed by atoms with van der Waals surface area (Å²) in [6.45, 7) is 18.8. The van der Waals surface area contributed by atoms with Gasteiger partial charge in [-0.15, -0.1) is 0 Å². The average molecular weight is 278 g/mol. The molecule has 1 aromatic heterocycles. The lowest BCUT2D eigenvalue weighted by atomic mass is 10.1. The van der Waals surface area contributed by atoms with E-state index in [2.05, 4.69) is 39.7 Å². The van der Waals surface area contributed by atoms with Crippen LogP contribution in [0.1, 0.15) is 90.2 Å². The van der Waals surface area contributed by atoms with Crippen LogP contribution < -0.4 is 0 Å². The van der Waals surface area contributed by atoms with Gasteiger partial charge in [-0.3, -0.25) is 4.68 Å². The van der Waals surface area contributed by atoms with Crippen LogP contribution in [0.15, 0.2) is 12.3 Å². The van der Waals surface area contributed by atoms with Crippen molar-refractivity contribution in [2.45, 2.75) is 83.1 Å². The molecular formula is C17H44N2. The van der Waals surface area contributed by atoms with Gasteiger partial charge >= 0.3 is 0 Å². The van der Waals surface area contributed by atoms with Crippen molar-refractivity contribution in [3.63, 3.8) is 0 Å². The van der Waals surface area contributed by atoms with Crippen molar-refractivity contribution in [3.05, 3.63) is 18.0 Å². The third-order valence-electron chi connectivity index (χ3n) is 1.45. The number of aromatic nitrogens is 2. The van der Waals surface area contributed by atoms with Gasteiger partial charge in [-0.05, 0) is 17.9 Å². The summed E-state index contributed by atoms with van der Waals surface area (Å²) < 4.78 is 1.91. The van der Waals surface area contributed by atoms with E-state index in [1.807, 2.05) is 51.7 Å². The highest BCUT2D eigenvalue weighted by atomic mass is 15.3. The first kappa shape index (κ1) is 30.9. The molecule has 1 heterocycles. The van der Waals surface area contributed by atoms with Gasteiger partial charge in [-0.25, -0.2) is 0 Å². The van der Waals surface area contributed by atoms with Crippen LogP contribution in [-0.2, 0) is 7.05 Å². The third kappa shape index (κ3) is 22.8. The molecule has 0 amide bonds. The minimum absolute atomic E-state index is 0. The molecule has 2 nitrogen and oxygen atoms in total. The van der Waals surface area contributed by atoms with E-state index in [0.717, 1.165) is 5.92 Å². The average Bonchev–Trinajstić information content (AvgIpc) is 2.70. The Hall–Kier alpha value is -0.790. The van der Waals surface area contributed by atoms with Gasteiger partial charge < -0.3 is 0 Å². The van der Waals surface area contributed by atoms with Gasteiger partial charge in [-0.1, -0.05) is 77.2 Å². The molecule has 0 unspecified atom stereocenters. The fraction of sp³-hybridized carbons (Fsp3) is 0.824. The maximum absolute atomic E-state index is 4.05. The first-order valence-corrected chi connectivity index (χ1v) is 6.93. The smallest absolute Gasteiger partial charge is 0.0492 e. The summed E-state index contributed by atoms with van der Waals surface area (Å²) in [4.78, 5) is 0. The van der Waals surface area contributed by atoms with Crippen LogP contribution in [0.5, 0.6) is 0 Å². The van der Waals surface area contributed by atoms with Gasteiger partial charge in [0, 0.05) is 20.4 Å². The van der Waals surface area contributed by atoms with Crippen molar-refractivity contribution in [3.8, 4) is 0 Å². The molecule has 0 radical (unpaired) electrons. The SMILES string of the molecule is C.C.CC.CC.CC(C)C.CC(C)c1ccnn1C.[2HH]. The van der Waals surface area contributed by atoms with E-state index in [4.69, 9.17) is 0 Å². The molecule has 0 saturated carbocycles. The Kier molecular flexibility index (Phi) is 36.4. The molecule has 2 heteroatoms. The second kappa shape index (κ2) is 22.4. The highest BCUT2D eigenvalue weighted by Gasteiger charge is 2.00. The fourth-order valence-corrected chi connectivity index (χ4v) is 0.950. The van der Waals surface area contributed by atoms with E-state index in [9.17, 15) is 0 Å². The molecule has 1 aromatic rings. The largest absolute Gasteiger partial charge is 0.272 e. The zero-order valence-electron chi connectivity index (χ0n) is 13.7. The molecule has 0 aliphatic carbocycles. The molecule has 0 aliphatic rings. The first-order valence-electron chi connectivity index (χ1n) is 6.93. The Morgan fingerprint density at radius 3 is 1.37 bits per heavy atom. The topological polar surface area (TPSA) is 17.8 Å². The monoisotopic (exact) mass is 277 g/mol. The number of hydrogen-bond acceptors (Lipinski definition) is 1. The normalized spacial score (nSPS) is 7.58. The molecule has 0 atom stereocenters. The minimum Gasteiger partial charge on any atom is -0.272 e. The molecule has 1 rings (SSSR count). The van der Waals surface area contributed by atoms with Crippen LogP contribution >= 0.6 is 0 Å². The predicted molar refractivity (Wildman–Crippen MR) is 96.1 cm³/mol. The second-order valence-electron chi connectivity index (χ2n) is 4.27. The quantitative estimate of drug-likeness (QED) is 0.553. The zero-order valence-corrected chi connectivity index (χ0v) is 13.7. The predicted octanol–water partition coefficient (Wildman–Crippen LogP) is 6.78. The Balaban J connectivity index is -0.0000000391. The fourth-order valence-electron chi connectivity index (χ4n) is 0.950. The van der Waals surface area contributed by atoms with Gasteiger partial charge in [0.2, 0.25) is 0 Å². The molecule has 0 fully saturated rings. The Labute approximate surface area is 126 Å². The van der Waals surface area contributed by atoms with Crippen molar-refractivity contribution in [1.82, 2.24) is 9.78 Å². The van der Waals surface area contributed by atoms with E-state index in [-0.39, 0.29) is 16.3 Å². The highest BCUT2D eigenvalue weighted by molar-refractivity contribution is 5.04. The summed E-state index contributed by atoms with van der Waals surface area (Å²) in [5, 5.41) is 4.05. The molecule has 0 bridgehead atoms. The van der Waals surface area contributed by atoms with Crippen molar-refractivity contribution in [2.75, 3.05) is 0 Å². The molecule has 0 aromatic carbocycles. The van der Waals surface area contributed by atoms with Gasteiger partial charge in [0.15, 0.2) is 0 Å². The lowest BCUT2D eigenvalue weighted by Crippen LogP contribution is -1.98. The summed E-state index contributed by atoms with van der Waals surface area (Å²) >= 11 is 0. The van der Waals surface area contributed by atoms with Crippen LogP contribution in [0.2, 0.25) is 0 Å². The molecule has 0 spiro atoms. The van der Waals surface area contributed by atoms with Crippen LogP contribution in [0.4, 0.5) is 0 Å². The summed E-state index contributed by atoms with van der Waals surface area (Å²) in [5.41, 5.74) is 1.29. The summed E-state index contributed by atoms with van der Waals surface area (Å²) in [6, 6.07) is 2.05. The van der Waals surface area contributed by atoms with Crippen molar-refractivity contribution < 1.29 is 1.43 Å². The first-order chi connectivity index (χ1) is 7.95. The summed E-state index contributed by atoms with van der Waals surface area (Å²) in [5.74, 6) is 1.41. The number of aryl methyl sites for hydroxylation is 1. The third-order valence-corrected chi connectivity index (χ3v) is 1.45. The Morgan fingerprint density at radius 2 is 1.26 bits per heavy atom.